The number of pyridine rings is 1. The molecule has 0 unspecified atom stereocenters. The van der Waals surface area contributed by atoms with Crippen LogP contribution in [0.1, 0.15) is 56.3 Å². The molecule has 2 aromatic carbocycles. The number of nitriles is 1. The summed E-state index contributed by atoms with van der Waals surface area (Å²) >= 11 is 0. The Kier molecular flexibility index (Phi) is 7.97. The summed E-state index contributed by atoms with van der Waals surface area (Å²) in [5.41, 5.74) is -1.38. The first-order valence-electron chi connectivity index (χ1n) is 12.7. The minimum atomic E-state index is -4.92. The second kappa shape index (κ2) is 11.1. The molecule has 0 bridgehead atoms. The SMILES string of the molecule is C[C@H](c1nc2ncccc2c(=O)n1-c1ccc(C#N)cc1)N(CC(C)(C)C)C(=O)Cc1ccc(F)c(C(F)(F)F)c1. The van der Waals surface area contributed by atoms with Gasteiger partial charge in [0.2, 0.25) is 5.91 Å². The number of alkyl halides is 3. The number of rotatable bonds is 6. The van der Waals surface area contributed by atoms with E-state index < -0.39 is 46.9 Å². The number of fused-ring (bicyclic) bond motifs is 1. The molecule has 1 atom stereocenters. The zero-order valence-corrected chi connectivity index (χ0v) is 22.8. The normalized spacial score (nSPS) is 12.7. The number of nitrogens with zero attached hydrogens (tertiary/aromatic N) is 5. The van der Waals surface area contributed by atoms with Gasteiger partial charge in [-0.2, -0.15) is 18.4 Å². The van der Waals surface area contributed by atoms with Gasteiger partial charge in [0.15, 0.2) is 5.65 Å². The Morgan fingerprint density at radius 2 is 1.78 bits per heavy atom. The van der Waals surface area contributed by atoms with Crippen molar-refractivity contribution in [1.82, 2.24) is 19.4 Å². The van der Waals surface area contributed by atoms with E-state index in [1.807, 2.05) is 26.8 Å². The van der Waals surface area contributed by atoms with Crippen LogP contribution in [0.3, 0.4) is 0 Å². The molecule has 0 aliphatic rings. The van der Waals surface area contributed by atoms with E-state index in [-0.39, 0.29) is 29.0 Å². The van der Waals surface area contributed by atoms with Crippen molar-refractivity contribution in [2.24, 2.45) is 5.41 Å². The van der Waals surface area contributed by atoms with Gasteiger partial charge in [-0.3, -0.25) is 14.2 Å². The first-order chi connectivity index (χ1) is 19.2. The Balaban J connectivity index is 1.84. The molecule has 0 saturated carbocycles. The predicted octanol–water partition coefficient (Wildman–Crippen LogP) is 5.99. The Hall–Kier alpha value is -4.59. The molecule has 212 valence electrons. The van der Waals surface area contributed by atoms with Crippen molar-refractivity contribution in [3.05, 3.63) is 99.5 Å². The number of halogens is 4. The zero-order chi connectivity index (χ0) is 30.1. The highest BCUT2D eigenvalue weighted by Crippen LogP contribution is 2.33. The second-order valence-electron chi connectivity index (χ2n) is 10.9. The molecule has 4 aromatic rings. The smallest absolute Gasteiger partial charge is 0.332 e. The van der Waals surface area contributed by atoms with E-state index in [4.69, 9.17) is 0 Å². The van der Waals surface area contributed by atoms with Gasteiger partial charge in [0.1, 0.15) is 11.6 Å². The maximum absolute atomic E-state index is 13.9. The number of hydrogen-bond acceptors (Lipinski definition) is 5. The quantitative estimate of drug-likeness (QED) is 0.268. The molecule has 2 heterocycles. The molecule has 0 N–H and O–H groups in total. The van der Waals surface area contributed by atoms with Gasteiger partial charge in [-0.25, -0.2) is 14.4 Å². The van der Waals surface area contributed by atoms with Crippen molar-refractivity contribution < 1.29 is 22.4 Å². The average Bonchev–Trinajstić information content (AvgIpc) is 2.91. The summed E-state index contributed by atoms with van der Waals surface area (Å²) in [4.78, 5) is 37.7. The van der Waals surface area contributed by atoms with E-state index in [2.05, 4.69) is 9.97 Å². The lowest BCUT2D eigenvalue weighted by Gasteiger charge is -2.35. The van der Waals surface area contributed by atoms with E-state index in [0.717, 1.165) is 6.07 Å². The molecule has 0 aliphatic carbocycles. The Morgan fingerprint density at radius 3 is 2.39 bits per heavy atom. The number of carbonyl (C=O) groups excluding carboxylic acids is 1. The van der Waals surface area contributed by atoms with Gasteiger partial charge < -0.3 is 4.90 Å². The van der Waals surface area contributed by atoms with Crippen LogP contribution in [0.2, 0.25) is 0 Å². The van der Waals surface area contributed by atoms with Crippen LogP contribution in [0.15, 0.2) is 65.6 Å². The third-order valence-electron chi connectivity index (χ3n) is 6.42. The van der Waals surface area contributed by atoms with Crippen LogP contribution in [0.25, 0.3) is 16.7 Å². The zero-order valence-electron chi connectivity index (χ0n) is 22.8. The molecule has 41 heavy (non-hydrogen) atoms. The van der Waals surface area contributed by atoms with Gasteiger partial charge in [-0.1, -0.05) is 26.8 Å². The van der Waals surface area contributed by atoms with Crippen LogP contribution in [0.5, 0.6) is 0 Å². The van der Waals surface area contributed by atoms with Crippen LogP contribution in [0, 0.1) is 22.6 Å². The molecule has 0 aliphatic heterocycles. The van der Waals surface area contributed by atoms with Crippen LogP contribution in [-0.4, -0.2) is 31.9 Å². The summed E-state index contributed by atoms with van der Waals surface area (Å²) < 4.78 is 55.2. The summed E-state index contributed by atoms with van der Waals surface area (Å²) in [6.45, 7) is 7.52. The third-order valence-corrected chi connectivity index (χ3v) is 6.42. The Morgan fingerprint density at radius 1 is 1.10 bits per heavy atom. The van der Waals surface area contributed by atoms with E-state index in [0.29, 0.717) is 23.4 Å². The average molecular weight is 566 g/mol. The number of carbonyl (C=O) groups is 1. The van der Waals surface area contributed by atoms with Crippen molar-refractivity contribution in [1.29, 1.82) is 5.26 Å². The van der Waals surface area contributed by atoms with Gasteiger partial charge in [0.25, 0.3) is 5.56 Å². The molecule has 0 fully saturated rings. The van der Waals surface area contributed by atoms with Crippen molar-refractivity contribution in [3.8, 4) is 11.8 Å². The predicted molar refractivity (Wildman–Crippen MR) is 145 cm³/mol. The first kappa shape index (κ1) is 29.4. The van der Waals surface area contributed by atoms with E-state index in [1.54, 1.807) is 43.3 Å². The minimum Gasteiger partial charge on any atom is -0.332 e. The van der Waals surface area contributed by atoms with E-state index >= 15 is 0 Å². The standard InChI is InChI=1S/C30H27F4N5O2/c1-18(38(17-29(2,3)4)25(40)15-20-9-12-24(31)23(14-20)30(32,33)34)27-37-26-22(6-5-13-36-26)28(41)39(27)21-10-7-19(16-35)8-11-21/h5-14,18H,15,17H2,1-4H3/t18-/m1/s1. The third kappa shape index (κ3) is 6.43. The molecule has 0 spiro atoms. The molecule has 7 nitrogen and oxygen atoms in total. The lowest BCUT2D eigenvalue weighted by atomic mass is 9.94. The highest BCUT2D eigenvalue weighted by Gasteiger charge is 2.35. The number of benzene rings is 2. The van der Waals surface area contributed by atoms with Crippen LogP contribution < -0.4 is 5.56 Å². The number of amides is 1. The molecular weight excluding hydrogens is 538 g/mol. The lowest BCUT2D eigenvalue weighted by molar-refractivity contribution is -0.140. The monoisotopic (exact) mass is 565 g/mol. The second-order valence-corrected chi connectivity index (χ2v) is 10.9. The molecule has 11 heteroatoms. The van der Waals surface area contributed by atoms with Gasteiger partial charge in [-0.05, 0) is 66.4 Å². The summed E-state index contributed by atoms with van der Waals surface area (Å²) in [6, 6.07) is 13.1. The molecule has 2 aromatic heterocycles. The number of aromatic nitrogens is 3. The van der Waals surface area contributed by atoms with E-state index in [1.165, 1.54) is 15.7 Å². The summed E-state index contributed by atoms with van der Waals surface area (Å²) in [5.74, 6) is -1.78. The molecular formula is C30H27F4N5O2. The van der Waals surface area contributed by atoms with Gasteiger partial charge in [-0.15, -0.1) is 0 Å². The highest BCUT2D eigenvalue weighted by molar-refractivity contribution is 5.79. The van der Waals surface area contributed by atoms with Gasteiger partial charge >= 0.3 is 6.18 Å². The van der Waals surface area contributed by atoms with Gasteiger partial charge in [0.05, 0.1) is 40.7 Å². The van der Waals surface area contributed by atoms with Crippen LogP contribution in [0.4, 0.5) is 17.6 Å². The largest absolute Gasteiger partial charge is 0.419 e. The molecule has 1 amide bonds. The fraction of sp³-hybridized carbons (Fsp3) is 0.300. The number of hydrogen-bond donors (Lipinski definition) is 0. The first-order valence-corrected chi connectivity index (χ1v) is 12.7. The Bertz CT molecular complexity index is 1700. The Labute approximate surface area is 233 Å². The highest BCUT2D eigenvalue weighted by atomic mass is 19.4. The fourth-order valence-electron chi connectivity index (χ4n) is 4.52. The van der Waals surface area contributed by atoms with Crippen LogP contribution >= 0.6 is 0 Å². The topological polar surface area (TPSA) is 91.9 Å². The summed E-state index contributed by atoms with van der Waals surface area (Å²) in [7, 11) is 0. The van der Waals surface area contributed by atoms with Crippen LogP contribution in [-0.2, 0) is 17.4 Å². The van der Waals surface area contributed by atoms with Crippen molar-refractivity contribution >= 4 is 16.9 Å². The molecule has 4 rings (SSSR count). The maximum atomic E-state index is 13.9. The fourth-order valence-corrected chi connectivity index (χ4v) is 4.52. The van der Waals surface area contributed by atoms with Gasteiger partial charge in [0, 0.05) is 12.7 Å². The molecule has 0 saturated heterocycles. The van der Waals surface area contributed by atoms with Crippen molar-refractivity contribution in [2.45, 2.75) is 46.3 Å². The minimum absolute atomic E-state index is 0.00699. The summed E-state index contributed by atoms with van der Waals surface area (Å²) in [5, 5.41) is 9.45. The lowest BCUT2D eigenvalue weighted by Crippen LogP contribution is -2.42. The van der Waals surface area contributed by atoms with Crippen molar-refractivity contribution in [3.63, 3.8) is 0 Å². The van der Waals surface area contributed by atoms with E-state index in [9.17, 15) is 32.4 Å². The summed E-state index contributed by atoms with van der Waals surface area (Å²) in [6.07, 6.45) is -3.86. The van der Waals surface area contributed by atoms with Crippen molar-refractivity contribution in [2.75, 3.05) is 6.54 Å². The molecule has 0 radical (unpaired) electrons. The maximum Gasteiger partial charge on any atom is 0.419 e.